The number of hydrogen-bond donors (Lipinski definition) is 3. The predicted molar refractivity (Wildman–Crippen MR) is 54.6 cm³/mol. The van der Waals surface area contributed by atoms with Gasteiger partial charge in [-0.1, -0.05) is 0 Å². The fourth-order valence-electron chi connectivity index (χ4n) is 0.844. The van der Waals surface area contributed by atoms with Crippen molar-refractivity contribution in [2.24, 2.45) is 5.73 Å². The first-order chi connectivity index (χ1) is 6.26. The first kappa shape index (κ1) is 12.9. The van der Waals surface area contributed by atoms with Crippen molar-refractivity contribution in [1.82, 2.24) is 10.6 Å². The summed E-state index contributed by atoms with van der Waals surface area (Å²) in [5, 5.41) is 5.23. The lowest BCUT2D eigenvalue weighted by Gasteiger charge is -2.23. The van der Waals surface area contributed by atoms with Crippen LogP contribution in [-0.4, -0.2) is 29.9 Å². The number of carbonyl (C=O) groups excluding carboxylic acids is 2. The Morgan fingerprint density at radius 1 is 1.36 bits per heavy atom. The van der Waals surface area contributed by atoms with E-state index in [1.54, 1.807) is 6.92 Å². The Labute approximate surface area is 84.4 Å². The zero-order chi connectivity index (χ0) is 11.4. The Bertz CT molecular complexity index is 221. The van der Waals surface area contributed by atoms with Gasteiger partial charge in [0.15, 0.2) is 0 Å². The first-order valence-electron chi connectivity index (χ1n) is 4.57. The molecular formula is C9H19N3O2. The molecule has 14 heavy (non-hydrogen) atoms. The predicted octanol–water partition coefficient (Wildman–Crippen LogP) is -0.635. The van der Waals surface area contributed by atoms with Gasteiger partial charge in [0.05, 0.1) is 6.54 Å². The summed E-state index contributed by atoms with van der Waals surface area (Å²) in [6.07, 6.45) is 0. The summed E-state index contributed by atoms with van der Waals surface area (Å²) in [6.45, 7) is 7.15. The summed E-state index contributed by atoms with van der Waals surface area (Å²) in [4.78, 5) is 22.3. The van der Waals surface area contributed by atoms with Gasteiger partial charge in [-0.05, 0) is 27.7 Å². The summed E-state index contributed by atoms with van der Waals surface area (Å²) in [7, 11) is 0. The molecule has 0 aromatic carbocycles. The summed E-state index contributed by atoms with van der Waals surface area (Å²) in [6, 6.07) is -0.551. The van der Waals surface area contributed by atoms with Crippen molar-refractivity contribution in [3.63, 3.8) is 0 Å². The molecule has 1 unspecified atom stereocenters. The average molecular weight is 201 g/mol. The number of nitrogens with two attached hydrogens (primary N) is 1. The summed E-state index contributed by atoms with van der Waals surface area (Å²) in [5.41, 5.74) is 4.81. The highest BCUT2D eigenvalue weighted by Crippen LogP contribution is 1.99. The van der Waals surface area contributed by atoms with Gasteiger partial charge in [0.2, 0.25) is 11.8 Å². The van der Waals surface area contributed by atoms with E-state index < -0.39 is 6.04 Å². The Morgan fingerprint density at radius 2 is 1.86 bits per heavy atom. The molecule has 2 amide bonds. The summed E-state index contributed by atoms with van der Waals surface area (Å²) < 4.78 is 0. The van der Waals surface area contributed by atoms with Gasteiger partial charge in [0.1, 0.15) is 6.04 Å². The van der Waals surface area contributed by atoms with E-state index in [0.29, 0.717) is 0 Å². The van der Waals surface area contributed by atoms with Crippen LogP contribution in [0.2, 0.25) is 0 Å². The number of nitrogens with one attached hydrogen (secondary N) is 2. The Morgan fingerprint density at radius 3 is 2.21 bits per heavy atom. The second kappa shape index (κ2) is 4.95. The van der Waals surface area contributed by atoms with Crippen LogP contribution >= 0.6 is 0 Å². The van der Waals surface area contributed by atoms with Crippen LogP contribution in [0.25, 0.3) is 0 Å². The van der Waals surface area contributed by atoms with Crippen molar-refractivity contribution in [2.75, 3.05) is 6.54 Å². The van der Waals surface area contributed by atoms with Crippen molar-refractivity contribution in [3.05, 3.63) is 0 Å². The minimum atomic E-state index is -0.551. The summed E-state index contributed by atoms with van der Waals surface area (Å²) in [5.74, 6) is -0.541. The maximum Gasteiger partial charge on any atom is 0.242 e. The number of rotatable bonds is 3. The number of amides is 2. The lowest BCUT2D eigenvalue weighted by molar-refractivity contribution is -0.128. The second-order valence-corrected chi connectivity index (χ2v) is 4.23. The molecule has 0 radical (unpaired) electrons. The normalized spacial score (nSPS) is 13.2. The zero-order valence-electron chi connectivity index (χ0n) is 9.18. The average Bonchev–Trinajstić information content (AvgIpc) is 2.00. The Kier molecular flexibility index (Phi) is 4.56. The van der Waals surface area contributed by atoms with Gasteiger partial charge in [-0.15, -0.1) is 0 Å². The van der Waals surface area contributed by atoms with E-state index in [9.17, 15) is 9.59 Å². The van der Waals surface area contributed by atoms with Gasteiger partial charge in [-0.2, -0.15) is 0 Å². The van der Waals surface area contributed by atoms with E-state index >= 15 is 0 Å². The van der Waals surface area contributed by atoms with Crippen LogP contribution in [0.15, 0.2) is 0 Å². The highest BCUT2D eigenvalue weighted by Gasteiger charge is 2.19. The molecule has 0 aromatic heterocycles. The van der Waals surface area contributed by atoms with Crippen LogP contribution in [0.1, 0.15) is 27.7 Å². The number of carbonyl (C=O) groups is 2. The molecule has 0 aliphatic rings. The lowest BCUT2D eigenvalue weighted by atomic mass is 10.1. The van der Waals surface area contributed by atoms with Crippen molar-refractivity contribution in [3.8, 4) is 0 Å². The molecule has 5 heteroatoms. The molecular weight excluding hydrogens is 182 g/mol. The van der Waals surface area contributed by atoms with E-state index in [1.807, 2.05) is 20.8 Å². The topological polar surface area (TPSA) is 84.2 Å². The van der Waals surface area contributed by atoms with Gasteiger partial charge >= 0.3 is 0 Å². The third-order valence-electron chi connectivity index (χ3n) is 1.45. The minimum Gasteiger partial charge on any atom is -0.350 e. The minimum absolute atomic E-state index is 0.104. The van der Waals surface area contributed by atoms with Crippen LogP contribution in [0.5, 0.6) is 0 Å². The maximum absolute atomic E-state index is 11.4. The maximum atomic E-state index is 11.4. The summed E-state index contributed by atoms with van der Waals surface area (Å²) >= 11 is 0. The van der Waals surface area contributed by atoms with E-state index in [2.05, 4.69) is 10.6 Å². The molecule has 0 saturated carbocycles. The van der Waals surface area contributed by atoms with Crippen molar-refractivity contribution < 1.29 is 9.59 Å². The van der Waals surface area contributed by atoms with Crippen molar-refractivity contribution in [1.29, 1.82) is 0 Å². The molecule has 0 aliphatic carbocycles. The highest BCUT2D eigenvalue weighted by atomic mass is 16.2. The zero-order valence-corrected chi connectivity index (χ0v) is 9.18. The molecule has 0 spiro atoms. The van der Waals surface area contributed by atoms with E-state index in [4.69, 9.17) is 5.73 Å². The Hall–Kier alpha value is -1.10. The molecule has 82 valence electrons. The molecule has 0 rings (SSSR count). The fourth-order valence-corrected chi connectivity index (χ4v) is 0.844. The van der Waals surface area contributed by atoms with Crippen LogP contribution in [0, 0.1) is 0 Å². The van der Waals surface area contributed by atoms with Gasteiger partial charge in [0, 0.05) is 5.54 Å². The fraction of sp³-hybridized carbons (Fsp3) is 0.778. The van der Waals surface area contributed by atoms with Gasteiger partial charge in [0.25, 0.3) is 0 Å². The standard InChI is InChI=1S/C9H19N3O2/c1-6(11-7(13)5-10)8(14)12-9(2,3)4/h6H,5,10H2,1-4H3,(H,11,13)(H,12,14). The first-order valence-corrected chi connectivity index (χ1v) is 4.57. The van der Waals surface area contributed by atoms with E-state index in [-0.39, 0.29) is 23.9 Å². The van der Waals surface area contributed by atoms with Crippen LogP contribution in [-0.2, 0) is 9.59 Å². The molecule has 0 bridgehead atoms. The van der Waals surface area contributed by atoms with Crippen LogP contribution < -0.4 is 16.4 Å². The second-order valence-electron chi connectivity index (χ2n) is 4.23. The molecule has 0 aromatic rings. The third-order valence-corrected chi connectivity index (χ3v) is 1.45. The van der Waals surface area contributed by atoms with Gasteiger partial charge in [-0.25, -0.2) is 0 Å². The van der Waals surface area contributed by atoms with Gasteiger partial charge < -0.3 is 16.4 Å². The lowest BCUT2D eigenvalue weighted by Crippen LogP contribution is -2.51. The van der Waals surface area contributed by atoms with Crippen molar-refractivity contribution >= 4 is 11.8 Å². The molecule has 0 heterocycles. The van der Waals surface area contributed by atoms with Gasteiger partial charge in [-0.3, -0.25) is 9.59 Å². The SMILES string of the molecule is CC(NC(=O)CN)C(=O)NC(C)(C)C. The number of hydrogen-bond acceptors (Lipinski definition) is 3. The Balaban J connectivity index is 4.07. The third kappa shape index (κ3) is 5.53. The molecule has 0 aliphatic heterocycles. The largest absolute Gasteiger partial charge is 0.350 e. The highest BCUT2D eigenvalue weighted by molar-refractivity contribution is 5.88. The molecule has 0 saturated heterocycles. The molecule has 1 atom stereocenters. The van der Waals surface area contributed by atoms with Crippen LogP contribution in [0.4, 0.5) is 0 Å². The van der Waals surface area contributed by atoms with Crippen LogP contribution in [0.3, 0.4) is 0 Å². The van der Waals surface area contributed by atoms with E-state index in [1.165, 1.54) is 0 Å². The monoisotopic (exact) mass is 201 g/mol. The van der Waals surface area contributed by atoms with E-state index in [0.717, 1.165) is 0 Å². The smallest absolute Gasteiger partial charge is 0.242 e. The van der Waals surface area contributed by atoms with Crippen molar-refractivity contribution in [2.45, 2.75) is 39.3 Å². The molecule has 0 fully saturated rings. The quantitative estimate of drug-likeness (QED) is 0.568. The molecule has 5 nitrogen and oxygen atoms in total. The molecule has 4 N–H and O–H groups in total.